The molecule has 94 valence electrons. The standard InChI is InChI=1S/C9H19N3O3S/c1-4-16(14,15)11-8-6-12(3)5-7(8)9(13)10-2/h7-8,11H,4-6H2,1-3H3,(H,10,13)/t7-,8+/m1/s1. The number of rotatable bonds is 4. The first-order valence-electron chi connectivity index (χ1n) is 5.29. The van der Waals surface area contributed by atoms with Gasteiger partial charge in [0, 0.05) is 26.2 Å². The number of hydrogen-bond acceptors (Lipinski definition) is 4. The number of hydrogen-bond donors (Lipinski definition) is 2. The minimum atomic E-state index is -3.26. The zero-order chi connectivity index (χ0) is 12.3. The number of amides is 1. The summed E-state index contributed by atoms with van der Waals surface area (Å²) >= 11 is 0. The molecule has 1 aliphatic rings. The average molecular weight is 249 g/mol. The van der Waals surface area contributed by atoms with E-state index in [-0.39, 0.29) is 23.6 Å². The predicted molar refractivity (Wildman–Crippen MR) is 61.4 cm³/mol. The molecule has 1 heterocycles. The third-order valence-electron chi connectivity index (χ3n) is 2.80. The van der Waals surface area contributed by atoms with Gasteiger partial charge in [-0.15, -0.1) is 0 Å². The van der Waals surface area contributed by atoms with Crippen molar-refractivity contribution in [3.63, 3.8) is 0 Å². The van der Waals surface area contributed by atoms with Gasteiger partial charge < -0.3 is 10.2 Å². The summed E-state index contributed by atoms with van der Waals surface area (Å²) in [5.41, 5.74) is 0. The summed E-state index contributed by atoms with van der Waals surface area (Å²) in [6.07, 6.45) is 0. The monoisotopic (exact) mass is 249 g/mol. The van der Waals surface area contributed by atoms with E-state index in [0.717, 1.165) is 0 Å². The summed E-state index contributed by atoms with van der Waals surface area (Å²) in [6.45, 7) is 2.73. The second-order valence-corrected chi connectivity index (χ2v) is 6.11. The zero-order valence-electron chi connectivity index (χ0n) is 9.86. The molecule has 0 aliphatic carbocycles. The first-order valence-corrected chi connectivity index (χ1v) is 6.95. The zero-order valence-corrected chi connectivity index (χ0v) is 10.7. The van der Waals surface area contributed by atoms with Crippen LogP contribution in [0.1, 0.15) is 6.92 Å². The first kappa shape index (κ1) is 13.4. The normalized spacial score (nSPS) is 26.9. The molecule has 0 spiro atoms. The van der Waals surface area contributed by atoms with Crippen molar-refractivity contribution in [1.82, 2.24) is 14.9 Å². The van der Waals surface area contributed by atoms with E-state index in [2.05, 4.69) is 10.0 Å². The number of carbonyl (C=O) groups is 1. The van der Waals surface area contributed by atoms with Gasteiger partial charge in [0.15, 0.2) is 0 Å². The number of nitrogens with one attached hydrogen (secondary N) is 2. The SMILES string of the molecule is CCS(=O)(=O)N[C@H]1CN(C)C[C@H]1C(=O)NC. The second-order valence-electron chi connectivity index (χ2n) is 4.07. The van der Waals surface area contributed by atoms with E-state index in [1.807, 2.05) is 11.9 Å². The Morgan fingerprint density at radius 1 is 1.44 bits per heavy atom. The molecule has 0 bridgehead atoms. The van der Waals surface area contributed by atoms with E-state index in [1.165, 1.54) is 0 Å². The fourth-order valence-electron chi connectivity index (χ4n) is 1.88. The van der Waals surface area contributed by atoms with Crippen molar-refractivity contribution >= 4 is 15.9 Å². The third-order valence-corrected chi connectivity index (χ3v) is 4.22. The molecule has 0 saturated carbocycles. The molecule has 0 aromatic heterocycles. The largest absolute Gasteiger partial charge is 0.359 e. The quantitative estimate of drug-likeness (QED) is 0.642. The van der Waals surface area contributed by atoms with Gasteiger partial charge in [-0.05, 0) is 14.0 Å². The van der Waals surface area contributed by atoms with Gasteiger partial charge in [0.1, 0.15) is 0 Å². The lowest BCUT2D eigenvalue weighted by Crippen LogP contribution is -2.45. The lowest BCUT2D eigenvalue weighted by Gasteiger charge is -2.17. The molecule has 1 rings (SSSR count). The molecule has 6 nitrogen and oxygen atoms in total. The Kier molecular flexibility index (Phi) is 4.28. The summed E-state index contributed by atoms with van der Waals surface area (Å²) in [5, 5.41) is 2.56. The van der Waals surface area contributed by atoms with Crippen molar-refractivity contribution in [2.24, 2.45) is 5.92 Å². The van der Waals surface area contributed by atoms with Crippen LogP contribution in [0.3, 0.4) is 0 Å². The van der Waals surface area contributed by atoms with Crippen molar-refractivity contribution < 1.29 is 13.2 Å². The highest BCUT2D eigenvalue weighted by Gasteiger charge is 2.37. The van der Waals surface area contributed by atoms with Crippen molar-refractivity contribution in [3.8, 4) is 0 Å². The maximum Gasteiger partial charge on any atom is 0.225 e. The third kappa shape index (κ3) is 3.16. The summed E-state index contributed by atoms with van der Waals surface area (Å²) in [7, 11) is 0.175. The summed E-state index contributed by atoms with van der Waals surface area (Å²) in [4.78, 5) is 13.5. The molecule has 1 saturated heterocycles. The van der Waals surface area contributed by atoms with E-state index < -0.39 is 10.0 Å². The van der Waals surface area contributed by atoms with Crippen LogP contribution >= 0.6 is 0 Å². The maximum atomic E-state index is 11.6. The number of sulfonamides is 1. The van der Waals surface area contributed by atoms with Gasteiger partial charge in [0.2, 0.25) is 15.9 Å². The van der Waals surface area contributed by atoms with Gasteiger partial charge in [0.05, 0.1) is 11.7 Å². The summed E-state index contributed by atoms with van der Waals surface area (Å²) in [5.74, 6) is -0.391. The first-order chi connectivity index (χ1) is 7.39. The Hall–Kier alpha value is -0.660. The van der Waals surface area contributed by atoms with Crippen LogP contribution in [0, 0.1) is 5.92 Å². The lowest BCUT2D eigenvalue weighted by molar-refractivity contribution is -0.124. The molecule has 1 amide bonds. The molecule has 0 unspecified atom stereocenters. The number of carbonyl (C=O) groups excluding carboxylic acids is 1. The van der Waals surface area contributed by atoms with Gasteiger partial charge in [-0.25, -0.2) is 13.1 Å². The highest BCUT2D eigenvalue weighted by molar-refractivity contribution is 7.89. The average Bonchev–Trinajstić information content (AvgIpc) is 2.57. The Balaban J connectivity index is 2.74. The molecule has 1 aliphatic heterocycles. The molecular formula is C9H19N3O3S. The van der Waals surface area contributed by atoms with E-state index in [0.29, 0.717) is 13.1 Å². The molecular weight excluding hydrogens is 230 g/mol. The maximum absolute atomic E-state index is 11.6. The minimum absolute atomic E-state index is 0.0354. The van der Waals surface area contributed by atoms with Gasteiger partial charge in [-0.2, -0.15) is 0 Å². The smallest absolute Gasteiger partial charge is 0.225 e. The van der Waals surface area contributed by atoms with Gasteiger partial charge >= 0.3 is 0 Å². The molecule has 2 atom stereocenters. The van der Waals surface area contributed by atoms with Crippen molar-refractivity contribution in [3.05, 3.63) is 0 Å². The van der Waals surface area contributed by atoms with E-state index >= 15 is 0 Å². The molecule has 0 radical (unpaired) electrons. The van der Waals surface area contributed by atoms with Crippen LogP contribution in [-0.4, -0.2) is 58.2 Å². The van der Waals surface area contributed by atoms with Crippen molar-refractivity contribution in [2.75, 3.05) is 32.9 Å². The topological polar surface area (TPSA) is 78.5 Å². The Morgan fingerprint density at radius 2 is 2.06 bits per heavy atom. The Bertz CT molecular complexity index is 355. The lowest BCUT2D eigenvalue weighted by atomic mass is 10.0. The van der Waals surface area contributed by atoms with E-state index in [1.54, 1.807) is 14.0 Å². The molecule has 0 aromatic carbocycles. The van der Waals surface area contributed by atoms with Crippen LogP contribution in [0.5, 0.6) is 0 Å². The molecule has 1 fully saturated rings. The number of likely N-dealkylation sites (N-methyl/N-ethyl adjacent to an activating group) is 1. The number of likely N-dealkylation sites (tertiary alicyclic amines) is 1. The van der Waals surface area contributed by atoms with Crippen LogP contribution in [0.25, 0.3) is 0 Å². The van der Waals surface area contributed by atoms with Gasteiger partial charge in [0.25, 0.3) is 0 Å². The second kappa shape index (κ2) is 5.11. The van der Waals surface area contributed by atoms with Crippen LogP contribution in [0.4, 0.5) is 0 Å². The van der Waals surface area contributed by atoms with Crippen LogP contribution in [0.15, 0.2) is 0 Å². The highest BCUT2D eigenvalue weighted by atomic mass is 32.2. The van der Waals surface area contributed by atoms with Gasteiger partial charge in [-0.3, -0.25) is 4.79 Å². The minimum Gasteiger partial charge on any atom is -0.359 e. The van der Waals surface area contributed by atoms with E-state index in [4.69, 9.17) is 0 Å². The number of nitrogens with zero attached hydrogens (tertiary/aromatic N) is 1. The predicted octanol–water partition coefficient (Wildman–Crippen LogP) is -1.40. The highest BCUT2D eigenvalue weighted by Crippen LogP contribution is 2.16. The molecule has 16 heavy (non-hydrogen) atoms. The molecule has 0 aromatic rings. The van der Waals surface area contributed by atoms with Crippen LogP contribution in [-0.2, 0) is 14.8 Å². The fourth-order valence-corrected chi connectivity index (χ4v) is 2.75. The van der Waals surface area contributed by atoms with Crippen molar-refractivity contribution in [1.29, 1.82) is 0 Å². The van der Waals surface area contributed by atoms with E-state index in [9.17, 15) is 13.2 Å². The van der Waals surface area contributed by atoms with Crippen molar-refractivity contribution in [2.45, 2.75) is 13.0 Å². The Morgan fingerprint density at radius 3 is 2.56 bits per heavy atom. The van der Waals surface area contributed by atoms with Gasteiger partial charge in [-0.1, -0.05) is 0 Å². The van der Waals surface area contributed by atoms with Crippen LogP contribution in [0.2, 0.25) is 0 Å². The molecule has 7 heteroatoms. The molecule has 2 N–H and O–H groups in total. The summed E-state index contributed by atoms with van der Waals surface area (Å²) < 4.78 is 25.5. The van der Waals surface area contributed by atoms with Crippen LogP contribution < -0.4 is 10.0 Å². The Labute approximate surface area is 96.4 Å². The fraction of sp³-hybridized carbons (Fsp3) is 0.889. The summed E-state index contributed by atoms with van der Waals surface area (Å²) in [6, 6.07) is -0.324.